The lowest BCUT2D eigenvalue weighted by molar-refractivity contribution is -0.197. The maximum absolute atomic E-state index is 13.6. The van der Waals surface area contributed by atoms with E-state index in [9.17, 15) is 24.6 Å². The van der Waals surface area contributed by atoms with Crippen molar-refractivity contribution in [2.24, 2.45) is 61.6 Å². The molecule has 5 aliphatic rings. The van der Waals surface area contributed by atoms with Gasteiger partial charge in [-0.15, -0.1) is 0 Å². The molecule has 0 spiro atoms. The van der Waals surface area contributed by atoms with Gasteiger partial charge in [0, 0.05) is 12.3 Å². The number of aliphatic carboxylic acids is 2. The summed E-state index contributed by atoms with van der Waals surface area (Å²) in [6, 6.07) is 0. The number of carbonyl (C=O) groups excluding carboxylic acids is 1. The summed E-state index contributed by atoms with van der Waals surface area (Å²) >= 11 is 0. The van der Waals surface area contributed by atoms with Gasteiger partial charge in [-0.05, 0) is 123 Å². The summed E-state index contributed by atoms with van der Waals surface area (Å²) in [4.78, 5) is 38.4. The monoisotopic (exact) mass is 568 g/mol. The first-order valence-electron chi connectivity index (χ1n) is 16.4. The molecule has 2 N–H and O–H groups in total. The summed E-state index contributed by atoms with van der Waals surface area (Å²) in [5.74, 6) is -0.471. The largest absolute Gasteiger partial charge is 0.481 e. The molecule has 0 unspecified atom stereocenters. The van der Waals surface area contributed by atoms with Crippen LogP contribution >= 0.6 is 0 Å². The van der Waals surface area contributed by atoms with Crippen molar-refractivity contribution in [2.45, 2.75) is 133 Å². The number of hydrogen-bond acceptors (Lipinski definition) is 3. The summed E-state index contributed by atoms with van der Waals surface area (Å²) in [6.45, 7) is 20.1. The predicted octanol–water partition coefficient (Wildman–Crippen LogP) is 8.56. The minimum absolute atomic E-state index is 0.0107. The standard InChI is InChI=1S/C36H56O5/c1-30(2)16-18-36(29(40)41)19-17-34(8)22(24(36)20-30)10-11-27-33(7)14-12-23(25(37)21-31(3,4)28(38)39)32(5,6)26(33)13-15-35(27,34)9/h10,23-24,26-27H,11-21H2,1-9H3,(H,38,39)(H,40,41)/t23-,24+,26+,27-,33+,34-,35-,36+/m1/s1. The lowest BCUT2D eigenvalue weighted by Crippen LogP contribution is -2.65. The Balaban J connectivity index is 1.49. The predicted molar refractivity (Wildman–Crippen MR) is 161 cm³/mol. The van der Waals surface area contributed by atoms with Gasteiger partial charge >= 0.3 is 11.9 Å². The molecule has 0 aliphatic heterocycles. The SMILES string of the molecule is CC1(C)CC[C@]2(C(=O)O)CC[C@]3(C)C(=CC[C@@H]4[C@@]5(C)CC[C@H](C(=O)CC(C)(C)C(=O)O)C(C)(C)[C@@H]5CC[C@]43C)[C@@H]2C1. The molecule has 0 saturated heterocycles. The number of carbonyl (C=O) groups is 3. The Morgan fingerprint density at radius 1 is 0.854 bits per heavy atom. The fraction of sp³-hybridized carbons (Fsp3) is 0.861. The van der Waals surface area contributed by atoms with E-state index in [4.69, 9.17) is 0 Å². The van der Waals surface area contributed by atoms with Crippen molar-refractivity contribution in [3.8, 4) is 0 Å². The molecule has 230 valence electrons. The number of ketones is 1. The highest BCUT2D eigenvalue weighted by molar-refractivity contribution is 5.88. The molecule has 8 atom stereocenters. The van der Waals surface area contributed by atoms with Gasteiger partial charge in [-0.25, -0.2) is 0 Å². The maximum Gasteiger partial charge on any atom is 0.310 e. The molecule has 5 rings (SSSR count). The number of fused-ring (bicyclic) bond motifs is 7. The van der Waals surface area contributed by atoms with Gasteiger partial charge in [0.2, 0.25) is 0 Å². The van der Waals surface area contributed by atoms with Gasteiger partial charge in [0.05, 0.1) is 10.8 Å². The van der Waals surface area contributed by atoms with Crippen LogP contribution in [0.2, 0.25) is 0 Å². The highest BCUT2D eigenvalue weighted by atomic mass is 16.4. The van der Waals surface area contributed by atoms with Crippen LogP contribution in [0.15, 0.2) is 11.6 Å². The van der Waals surface area contributed by atoms with E-state index < -0.39 is 22.8 Å². The zero-order valence-corrected chi connectivity index (χ0v) is 27.3. The zero-order chi connectivity index (χ0) is 30.6. The topological polar surface area (TPSA) is 91.7 Å². The zero-order valence-electron chi connectivity index (χ0n) is 27.3. The summed E-state index contributed by atoms with van der Waals surface area (Å²) in [7, 11) is 0. The highest BCUT2D eigenvalue weighted by Crippen LogP contribution is 2.76. The minimum atomic E-state index is -1.04. The van der Waals surface area contributed by atoms with Crippen LogP contribution < -0.4 is 0 Å². The first-order valence-corrected chi connectivity index (χ1v) is 16.4. The van der Waals surface area contributed by atoms with Crippen LogP contribution in [0.25, 0.3) is 0 Å². The Bertz CT molecular complexity index is 1180. The average molecular weight is 569 g/mol. The van der Waals surface area contributed by atoms with Crippen molar-refractivity contribution in [1.29, 1.82) is 0 Å². The van der Waals surface area contributed by atoms with Gasteiger partial charge < -0.3 is 10.2 Å². The average Bonchev–Trinajstić information content (AvgIpc) is 2.83. The number of hydrogen-bond donors (Lipinski definition) is 2. The van der Waals surface area contributed by atoms with E-state index in [2.05, 4.69) is 54.5 Å². The Hall–Kier alpha value is -1.65. The Kier molecular flexibility index (Phi) is 6.89. The van der Waals surface area contributed by atoms with Gasteiger partial charge in [0.25, 0.3) is 0 Å². The van der Waals surface area contributed by atoms with Gasteiger partial charge in [-0.2, -0.15) is 0 Å². The number of allylic oxidation sites excluding steroid dienone is 2. The lowest BCUT2D eigenvalue weighted by atomic mass is 9.33. The normalized spacial score (nSPS) is 44.8. The maximum atomic E-state index is 13.6. The van der Waals surface area contributed by atoms with Crippen molar-refractivity contribution >= 4 is 17.7 Å². The third kappa shape index (κ3) is 4.16. The van der Waals surface area contributed by atoms with Crippen molar-refractivity contribution in [1.82, 2.24) is 0 Å². The molecule has 4 fully saturated rings. The van der Waals surface area contributed by atoms with Gasteiger partial charge in [-0.3, -0.25) is 14.4 Å². The number of Topliss-reactive ketones (excluding diaryl/α,β-unsaturated/α-hetero) is 1. The van der Waals surface area contributed by atoms with E-state index in [1.54, 1.807) is 13.8 Å². The van der Waals surface area contributed by atoms with Crippen molar-refractivity contribution in [3.63, 3.8) is 0 Å². The molecular weight excluding hydrogens is 512 g/mol. The van der Waals surface area contributed by atoms with Crippen LogP contribution in [0, 0.1) is 61.6 Å². The fourth-order valence-electron chi connectivity index (χ4n) is 11.8. The smallest absolute Gasteiger partial charge is 0.310 e. The molecule has 4 saturated carbocycles. The third-order valence-corrected chi connectivity index (χ3v) is 14.7. The number of rotatable bonds is 5. The van der Waals surface area contributed by atoms with Crippen LogP contribution in [0.3, 0.4) is 0 Å². The second kappa shape index (κ2) is 9.18. The van der Waals surface area contributed by atoms with Crippen LogP contribution in [0.4, 0.5) is 0 Å². The van der Waals surface area contributed by atoms with Crippen molar-refractivity contribution in [3.05, 3.63) is 11.6 Å². The first-order chi connectivity index (χ1) is 18.7. The second-order valence-electron chi connectivity index (χ2n) is 17.9. The van der Waals surface area contributed by atoms with Crippen LogP contribution in [-0.2, 0) is 14.4 Å². The molecule has 0 amide bonds. The summed E-state index contributed by atoms with van der Waals surface area (Å²) in [6.07, 6.45) is 12.1. The van der Waals surface area contributed by atoms with E-state index in [0.29, 0.717) is 11.8 Å². The Morgan fingerprint density at radius 3 is 2.10 bits per heavy atom. The molecule has 0 aromatic rings. The minimum Gasteiger partial charge on any atom is -0.481 e. The van der Waals surface area contributed by atoms with Crippen LogP contribution in [0.5, 0.6) is 0 Å². The van der Waals surface area contributed by atoms with Gasteiger partial charge in [-0.1, -0.05) is 60.1 Å². The van der Waals surface area contributed by atoms with Crippen LogP contribution in [-0.4, -0.2) is 27.9 Å². The van der Waals surface area contributed by atoms with E-state index in [-0.39, 0.29) is 51.1 Å². The van der Waals surface area contributed by atoms with E-state index in [0.717, 1.165) is 64.2 Å². The molecule has 41 heavy (non-hydrogen) atoms. The lowest BCUT2D eigenvalue weighted by Gasteiger charge is -2.71. The molecule has 5 nitrogen and oxygen atoms in total. The van der Waals surface area contributed by atoms with Gasteiger partial charge in [0.1, 0.15) is 5.78 Å². The molecular formula is C36H56O5. The molecule has 0 heterocycles. The molecule has 0 aromatic carbocycles. The Morgan fingerprint density at radius 2 is 1.49 bits per heavy atom. The Labute approximate surface area is 248 Å². The summed E-state index contributed by atoms with van der Waals surface area (Å²) in [5.41, 5.74) is -0.0619. The summed E-state index contributed by atoms with van der Waals surface area (Å²) < 4.78 is 0. The molecule has 5 aliphatic carbocycles. The van der Waals surface area contributed by atoms with E-state index in [1.165, 1.54) is 5.57 Å². The number of carboxylic acid groups (broad SMARTS) is 2. The summed E-state index contributed by atoms with van der Waals surface area (Å²) in [5, 5.41) is 20.3. The highest BCUT2D eigenvalue weighted by Gasteiger charge is 2.69. The number of carboxylic acids is 2. The van der Waals surface area contributed by atoms with E-state index in [1.807, 2.05) is 0 Å². The molecule has 0 aromatic heterocycles. The second-order valence-corrected chi connectivity index (χ2v) is 17.9. The van der Waals surface area contributed by atoms with Crippen LogP contribution in [0.1, 0.15) is 133 Å². The van der Waals surface area contributed by atoms with E-state index >= 15 is 0 Å². The van der Waals surface area contributed by atoms with Crippen molar-refractivity contribution in [2.75, 3.05) is 0 Å². The molecule has 0 radical (unpaired) electrons. The molecule has 5 heteroatoms. The quantitative estimate of drug-likeness (QED) is 0.324. The third-order valence-electron chi connectivity index (χ3n) is 14.7. The molecule has 0 bridgehead atoms. The fourth-order valence-corrected chi connectivity index (χ4v) is 11.8. The first kappa shape index (κ1) is 30.8. The van der Waals surface area contributed by atoms with Gasteiger partial charge in [0.15, 0.2) is 0 Å². The van der Waals surface area contributed by atoms with Crippen molar-refractivity contribution < 1.29 is 24.6 Å².